The fourth-order valence-corrected chi connectivity index (χ4v) is 4.07. The molecule has 0 radical (unpaired) electrons. The third kappa shape index (κ3) is 3.71. The van der Waals surface area contributed by atoms with Crippen LogP contribution in [0.3, 0.4) is 0 Å². The largest absolute Gasteiger partial charge is 0.279 e. The standard InChI is InChI=1S/C16H15ClFNO3S/c1-11-4-3-5-12(2)16(11)19(10-15(17)20)23(21,22)14-8-6-13(18)7-9-14/h3-9H,10H2,1-2H3. The number of aryl methyl sites for hydroxylation is 2. The topological polar surface area (TPSA) is 54.5 Å². The highest BCUT2D eigenvalue weighted by atomic mass is 35.5. The molecule has 7 heteroatoms. The van der Waals surface area contributed by atoms with Crippen molar-refractivity contribution in [3.05, 3.63) is 59.4 Å². The van der Waals surface area contributed by atoms with Crippen LogP contribution < -0.4 is 4.31 Å². The number of hydrogen-bond acceptors (Lipinski definition) is 3. The van der Waals surface area contributed by atoms with Gasteiger partial charge in [0.1, 0.15) is 12.4 Å². The molecule has 0 unspecified atom stereocenters. The van der Waals surface area contributed by atoms with Crippen molar-refractivity contribution < 1.29 is 17.6 Å². The first-order chi connectivity index (χ1) is 10.7. The van der Waals surface area contributed by atoms with Crippen LogP contribution in [0.4, 0.5) is 10.1 Å². The van der Waals surface area contributed by atoms with E-state index in [1.807, 2.05) is 0 Å². The first kappa shape index (κ1) is 17.4. The molecule has 0 saturated heterocycles. The van der Waals surface area contributed by atoms with Gasteiger partial charge in [-0.25, -0.2) is 12.8 Å². The van der Waals surface area contributed by atoms with Crippen molar-refractivity contribution in [2.24, 2.45) is 0 Å². The van der Waals surface area contributed by atoms with E-state index >= 15 is 0 Å². The Morgan fingerprint density at radius 2 is 1.61 bits per heavy atom. The summed E-state index contributed by atoms with van der Waals surface area (Å²) in [5, 5.41) is -0.807. The molecule has 4 nitrogen and oxygen atoms in total. The lowest BCUT2D eigenvalue weighted by Gasteiger charge is -2.26. The van der Waals surface area contributed by atoms with Gasteiger partial charge in [0, 0.05) is 0 Å². The highest BCUT2D eigenvalue weighted by Gasteiger charge is 2.28. The van der Waals surface area contributed by atoms with E-state index in [4.69, 9.17) is 11.6 Å². The van der Waals surface area contributed by atoms with Gasteiger partial charge in [0.15, 0.2) is 0 Å². The second kappa shape index (κ2) is 6.68. The molecule has 0 bridgehead atoms. The molecule has 0 heterocycles. The van der Waals surface area contributed by atoms with Crippen LogP contribution in [0.2, 0.25) is 0 Å². The fraction of sp³-hybridized carbons (Fsp3) is 0.188. The molecule has 0 fully saturated rings. The number of halogens is 2. The maximum Gasteiger partial charge on any atom is 0.264 e. The van der Waals surface area contributed by atoms with E-state index in [1.165, 1.54) is 0 Å². The Morgan fingerprint density at radius 3 is 2.09 bits per heavy atom. The first-order valence-electron chi connectivity index (χ1n) is 6.76. The summed E-state index contributed by atoms with van der Waals surface area (Å²) < 4.78 is 39.8. The van der Waals surface area contributed by atoms with Crippen LogP contribution in [0.1, 0.15) is 11.1 Å². The number of carbonyl (C=O) groups is 1. The Labute approximate surface area is 139 Å². The number of sulfonamides is 1. The molecule has 0 spiro atoms. The molecule has 2 aromatic rings. The number of anilines is 1. The number of benzene rings is 2. The molecule has 2 rings (SSSR count). The first-order valence-corrected chi connectivity index (χ1v) is 8.58. The highest BCUT2D eigenvalue weighted by molar-refractivity contribution is 7.92. The molecule has 2 aromatic carbocycles. The molecule has 0 aromatic heterocycles. The molecule has 0 aliphatic heterocycles. The third-order valence-electron chi connectivity index (χ3n) is 3.36. The Morgan fingerprint density at radius 1 is 1.09 bits per heavy atom. The second-order valence-corrected chi connectivity index (χ2v) is 7.35. The molecule has 0 aliphatic rings. The van der Waals surface area contributed by atoms with Crippen molar-refractivity contribution in [2.45, 2.75) is 18.7 Å². The molecule has 122 valence electrons. The van der Waals surface area contributed by atoms with Crippen LogP contribution in [-0.4, -0.2) is 20.2 Å². The van der Waals surface area contributed by atoms with Crippen LogP contribution >= 0.6 is 11.6 Å². The summed E-state index contributed by atoms with van der Waals surface area (Å²) in [5.41, 5.74) is 1.77. The van der Waals surface area contributed by atoms with Gasteiger partial charge in [-0.1, -0.05) is 18.2 Å². The number of nitrogens with zero attached hydrogens (tertiary/aromatic N) is 1. The van der Waals surface area contributed by atoms with Crippen molar-refractivity contribution >= 4 is 32.6 Å². The molecule has 0 N–H and O–H groups in total. The third-order valence-corrected chi connectivity index (χ3v) is 5.24. The van der Waals surface area contributed by atoms with Crippen LogP contribution in [0.25, 0.3) is 0 Å². The number of hydrogen-bond donors (Lipinski definition) is 0. The molecule has 0 saturated carbocycles. The normalized spacial score (nSPS) is 11.3. The van der Waals surface area contributed by atoms with Gasteiger partial charge in [-0.2, -0.15) is 0 Å². The van der Waals surface area contributed by atoms with Gasteiger partial charge in [0.25, 0.3) is 10.0 Å². The van der Waals surface area contributed by atoms with E-state index < -0.39 is 27.6 Å². The van der Waals surface area contributed by atoms with E-state index in [2.05, 4.69) is 0 Å². The monoisotopic (exact) mass is 355 g/mol. The summed E-state index contributed by atoms with van der Waals surface area (Å²) in [7, 11) is -4.05. The zero-order valence-electron chi connectivity index (χ0n) is 12.6. The zero-order chi connectivity index (χ0) is 17.2. The van der Waals surface area contributed by atoms with E-state index in [0.29, 0.717) is 16.8 Å². The number of rotatable bonds is 5. The smallest absolute Gasteiger partial charge is 0.264 e. The SMILES string of the molecule is Cc1cccc(C)c1N(CC(=O)Cl)S(=O)(=O)c1ccc(F)cc1. The molecule has 0 aliphatic carbocycles. The fourth-order valence-electron chi connectivity index (χ4n) is 2.33. The maximum absolute atomic E-state index is 13.1. The summed E-state index contributed by atoms with van der Waals surface area (Å²) in [6.45, 7) is 2.98. The molecular formula is C16H15ClFNO3S. The second-order valence-electron chi connectivity index (χ2n) is 5.06. The summed E-state index contributed by atoms with van der Waals surface area (Å²) in [6.07, 6.45) is 0. The predicted octanol–water partition coefficient (Wildman–Crippen LogP) is 3.40. The van der Waals surface area contributed by atoms with E-state index in [9.17, 15) is 17.6 Å². The summed E-state index contributed by atoms with van der Waals surface area (Å²) in [5.74, 6) is -0.545. The van der Waals surface area contributed by atoms with Crippen molar-refractivity contribution in [1.82, 2.24) is 0 Å². The van der Waals surface area contributed by atoms with Gasteiger partial charge < -0.3 is 0 Å². The van der Waals surface area contributed by atoms with Gasteiger partial charge in [0.05, 0.1) is 10.6 Å². The van der Waals surface area contributed by atoms with Gasteiger partial charge in [-0.3, -0.25) is 9.10 Å². The van der Waals surface area contributed by atoms with E-state index in [0.717, 1.165) is 28.6 Å². The molecule has 23 heavy (non-hydrogen) atoms. The Hall–Kier alpha value is -1.92. The van der Waals surface area contributed by atoms with Crippen LogP contribution in [0.15, 0.2) is 47.4 Å². The van der Waals surface area contributed by atoms with Crippen LogP contribution in [-0.2, 0) is 14.8 Å². The lowest BCUT2D eigenvalue weighted by molar-refractivity contribution is -0.110. The lowest BCUT2D eigenvalue weighted by Crippen LogP contribution is -2.35. The number of para-hydroxylation sites is 1. The Bertz CT molecular complexity index is 815. The quantitative estimate of drug-likeness (QED) is 0.772. The highest BCUT2D eigenvalue weighted by Crippen LogP contribution is 2.30. The average Bonchev–Trinajstić information content (AvgIpc) is 2.46. The Balaban J connectivity index is 2.63. The van der Waals surface area contributed by atoms with Gasteiger partial charge in [-0.15, -0.1) is 0 Å². The van der Waals surface area contributed by atoms with Crippen molar-refractivity contribution in [1.29, 1.82) is 0 Å². The van der Waals surface area contributed by atoms with Crippen LogP contribution in [0, 0.1) is 19.7 Å². The molecular weight excluding hydrogens is 341 g/mol. The maximum atomic E-state index is 13.1. The number of carbonyl (C=O) groups excluding carboxylic acids is 1. The van der Waals surface area contributed by atoms with Crippen molar-refractivity contribution in [2.75, 3.05) is 10.8 Å². The average molecular weight is 356 g/mol. The minimum atomic E-state index is -4.05. The molecule has 0 atom stereocenters. The summed E-state index contributed by atoms with van der Waals surface area (Å²) in [6, 6.07) is 9.70. The van der Waals surface area contributed by atoms with Gasteiger partial charge in [0.2, 0.25) is 5.24 Å². The minimum Gasteiger partial charge on any atom is -0.279 e. The summed E-state index contributed by atoms with van der Waals surface area (Å²) >= 11 is 5.44. The minimum absolute atomic E-state index is 0.112. The van der Waals surface area contributed by atoms with Gasteiger partial charge >= 0.3 is 0 Å². The summed E-state index contributed by atoms with van der Waals surface area (Å²) in [4.78, 5) is 11.3. The van der Waals surface area contributed by atoms with E-state index in [1.54, 1.807) is 32.0 Å². The van der Waals surface area contributed by atoms with Crippen molar-refractivity contribution in [3.63, 3.8) is 0 Å². The Kier molecular flexibility index (Phi) is 5.06. The van der Waals surface area contributed by atoms with Crippen LogP contribution in [0.5, 0.6) is 0 Å². The van der Waals surface area contributed by atoms with E-state index in [-0.39, 0.29) is 4.90 Å². The lowest BCUT2D eigenvalue weighted by atomic mass is 10.1. The predicted molar refractivity (Wildman–Crippen MR) is 87.7 cm³/mol. The van der Waals surface area contributed by atoms with Crippen molar-refractivity contribution in [3.8, 4) is 0 Å². The zero-order valence-corrected chi connectivity index (χ0v) is 14.2. The molecule has 0 amide bonds. The van der Waals surface area contributed by atoms with Gasteiger partial charge in [-0.05, 0) is 60.8 Å².